The van der Waals surface area contributed by atoms with Crippen molar-refractivity contribution in [3.05, 3.63) is 23.3 Å². The molecule has 2 heterocycles. The summed E-state index contributed by atoms with van der Waals surface area (Å²) in [7, 11) is 1.63. The molecule has 21 heavy (non-hydrogen) atoms. The summed E-state index contributed by atoms with van der Waals surface area (Å²) in [5.74, 6) is 0.548. The Kier molecular flexibility index (Phi) is 3.42. The molecule has 1 aromatic carbocycles. The van der Waals surface area contributed by atoms with E-state index in [1.807, 2.05) is 0 Å². The summed E-state index contributed by atoms with van der Waals surface area (Å²) in [5, 5.41) is 0. The molecule has 0 aromatic heterocycles. The van der Waals surface area contributed by atoms with Crippen LogP contribution in [-0.2, 0) is 27.5 Å². The topological polar surface area (TPSA) is 85.1 Å². The van der Waals surface area contributed by atoms with Crippen LogP contribution in [0.25, 0.3) is 0 Å². The molecule has 7 heteroatoms. The molecule has 1 saturated heterocycles. The van der Waals surface area contributed by atoms with Crippen molar-refractivity contribution in [1.82, 2.24) is 9.80 Å². The number of nitrogen functional groups attached to an aromatic ring is 1. The van der Waals surface area contributed by atoms with E-state index in [1.165, 1.54) is 9.80 Å². The van der Waals surface area contributed by atoms with Crippen molar-refractivity contribution >= 4 is 17.5 Å². The molecule has 0 aliphatic carbocycles. The molecule has 112 valence electrons. The number of nitrogens with two attached hydrogens (primary N) is 1. The molecular formula is C14H17N3O4. The number of likely N-dealkylation sites (N-methyl/N-ethyl adjacent to an activating group) is 1. The Balaban J connectivity index is 1.86. The highest BCUT2D eigenvalue weighted by molar-refractivity contribution is 5.92. The largest absolute Gasteiger partial charge is 0.467 e. The lowest BCUT2D eigenvalue weighted by molar-refractivity contribution is -0.149. The number of fused-ring (bicyclic) bond motifs is 1. The standard InChI is InChI=1S/C14H17N3O4/c1-16-5-13(19)17(6-12(16)18)4-9-2-11(15)3-10-7-20-8-21-14(9)10/h2-3H,4-8,15H2,1H3. The van der Waals surface area contributed by atoms with E-state index in [0.29, 0.717) is 24.6 Å². The van der Waals surface area contributed by atoms with Crippen LogP contribution < -0.4 is 10.5 Å². The Morgan fingerprint density at radius 1 is 1.24 bits per heavy atom. The molecule has 0 radical (unpaired) electrons. The van der Waals surface area contributed by atoms with E-state index in [9.17, 15) is 9.59 Å². The summed E-state index contributed by atoms with van der Waals surface area (Å²) in [4.78, 5) is 26.7. The van der Waals surface area contributed by atoms with Gasteiger partial charge in [-0.25, -0.2) is 0 Å². The van der Waals surface area contributed by atoms with Crippen LogP contribution in [0.2, 0.25) is 0 Å². The molecule has 0 atom stereocenters. The van der Waals surface area contributed by atoms with Crippen molar-refractivity contribution in [3.63, 3.8) is 0 Å². The summed E-state index contributed by atoms with van der Waals surface area (Å²) >= 11 is 0. The molecule has 2 aliphatic heterocycles. The highest BCUT2D eigenvalue weighted by Crippen LogP contribution is 2.31. The van der Waals surface area contributed by atoms with Gasteiger partial charge in [0.05, 0.1) is 19.7 Å². The van der Waals surface area contributed by atoms with E-state index in [-0.39, 0.29) is 31.7 Å². The Bertz CT molecular complexity index is 602. The monoisotopic (exact) mass is 291 g/mol. The van der Waals surface area contributed by atoms with E-state index in [0.717, 1.165) is 11.1 Å². The number of hydrogen-bond acceptors (Lipinski definition) is 5. The molecule has 7 nitrogen and oxygen atoms in total. The minimum Gasteiger partial charge on any atom is -0.467 e. The molecule has 1 aromatic rings. The fourth-order valence-electron chi connectivity index (χ4n) is 2.56. The van der Waals surface area contributed by atoms with Crippen LogP contribution in [-0.4, -0.2) is 48.5 Å². The lowest BCUT2D eigenvalue weighted by Crippen LogP contribution is -2.51. The number of benzene rings is 1. The average molecular weight is 291 g/mol. The molecule has 2 N–H and O–H groups in total. The fraction of sp³-hybridized carbons (Fsp3) is 0.429. The van der Waals surface area contributed by atoms with Crippen LogP contribution in [0.5, 0.6) is 5.75 Å². The first-order chi connectivity index (χ1) is 10.0. The second-order valence-corrected chi connectivity index (χ2v) is 5.28. The minimum atomic E-state index is -0.0830. The van der Waals surface area contributed by atoms with Gasteiger partial charge in [-0.2, -0.15) is 0 Å². The second-order valence-electron chi connectivity index (χ2n) is 5.28. The van der Waals surface area contributed by atoms with Crippen LogP contribution in [0.3, 0.4) is 0 Å². The van der Waals surface area contributed by atoms with Crippen molar-refractivity contribution in [2.24, 2.45) is 0 Å². The first-order valence-electron chi connectivity index (χ1n) is 6.68. The zero-order valence-corrected chi connectivity index (χ0v) is 11.8. The van der Waals surface area contributed by atoms with Gasteiger partial charge >= 0.3 is 0 Å². The van der Waals surface area contributed by atoms with E-state index in [1.54, 1.807) is 19.2 Å². The lowest BCUT2D eigenvalue weighted by atomic mass is 10.1. The zero-order valence-electron chi connectivity index (χ0n) is 11.8. The third-order valence-electron chi connectivity index (χ3n) is 3.65. The number of anilines is 1. The van der Waals surface area contributed by atoms with Gasteiger partial charge in [0.25, 0.3) is 0 Å². The lowest BCUT2D eigenvalue weighted by Gasteiger charge is -2.32. The van der Waals surface area contributed by atoms with E-state index in [4.69, 9.17) is 15.2 Å². The minimum absolute atomic E-state index is 0.0726. The fourth-order valence-corrected chi connectivity index (χ4v) is 2.56. The molecule has 2 aliphatic rings. The van der Waals surface area contributed by atoms with Crippen LogP contribution >= 0.6 is 0 Å². The molecule has 0 spiro atoms. The maximum absolute atomic E-state index is 12.0. The van der Waals surface area contributed by atoms with Gasteiger partial charge in [-0.15, -0.1) is 0 Å². The van der Waals surface area contributed by atoms with Gasteiger partial charge < -0.3 is 25.0 Å². The summed E-state index contributed by atoms with van der Waals surface area (Å²) in [6, 6.07) is 3.58. The Labute approximate surface area is 122 Å². The van der Waals surface area contributed by atoms with Crippen molar-refractivity contribution in [3.8, 4) is 5.75 Å². The predicted molar refractivity (Wildman–Crippen MR) is 74.2 cm³/mol. The number of amides is 2. The van der Waals surface area contributed by atoms with Gasteiger partial charge in [-0.1, -0.05) is 0 Å². The Morgan fingerprint density at radius 2 is 2.05 bits per heavy atom. The summed E-state index contributed by atoms with van der Waals surface area (Å²) in [6.45, 7) is 1.11. The summed E-state index contributed by atoms with van der Waals surface area (Å²) < 4.78 is 10.8. The van der Waals surface area contributed by atoms with Gasteiger partial charge in [0, 0.05) is 23.9 Å². The summed E-state index contributed by atoms with van der Waals surface area (Å²) in [5.41, 5.74) is 8.14. The summed E-state index contributed by atoms with van der Waals surface area (Å²) in [6.07, 6.45) is 0. The van der Waals surface area contributed by atoms with Crippen molar-refractivity contribution in [2.75, 3.05) is 32.7 Å². The normalized spacial score (nSPS) is 18.5. The molecule has 0 bridgehead atoms. The number of ether oxygens (including phenoxy) is 2. The third-order valence-corrected chi connectivity index (χ3v) is 3.65. The van der Waals surface area contributed by atoms with E-state index < -0.39 is 0 Å². The smallest absolute Gasteiger partial charge is 0.242 e. The first-order valence-corrected chi connectivity index (χ1v) is 6.68. The Hall–Kier alpha value is -2.28. The highest BCUT2D eigenvalue weighted by Gasteiger charge is 2.28. The number of rotatable bonds is 2. The van der Waals surface area contributed by atoms with Gasteiger partial charge in [0.15, 0.2) is 6.79 Å². The molecular weight excluding hydrogens is 274 g/mol. The van der Waals surface area contributed by atoms with Crippen LogP contribution in [0, 0.1) is 0 Å². The first kappa shape index (κ1) is 13.7. The van der Waals surface area contributed by atoms with Crippen LogP contribution in [0.1, 0.15) is 11.1 Å². The highest BCUT2D eigenvalue weighted by atomic mass is 16.7. The maximum atomic E-state index is 12.0. The predicted octanol–water partition coefficient (Wildman–Crippen LogP) is -0.0641. The van der Waals surface area contributed by atoms with E-state index in [2.05, 4.69) is 0 Å². The van der Waals surface area contributed by atoms with Crippen LogP contribution in [0.4, 0.5) is 5.69 Å². The Morgan fingerprint density at radius 3 is 2.86 bits per heavy atom. The molecule has 0 saturated carbocycles. The molecule has 3 rings (SSSR count). The van der Waals surface area contributed by atoms with Gasteiger partial charge in [-0.05, 0) is 12.1 Å². The zero-order chi connectivity index (χ0) is 15.0. The maximum Gasteiger partial charge on any atom is 0.242 e. The number of nitrogens with zero attached hydrogens (tertiary/aromatic N) is 2. The van der Waals surface area contributed by atoms with Crippen LogP contribution in [0.15, 0.2) is 12.1 Å². The number of carbonyl (C=O) groups is 2. The van der Waals surface area contributed by atoms with Gasteiger partial charge in [0.2, 0.25) is 11.8 Å². The van der Waals surface area contributed by atoms with Gasteiger partial charge in [-0.3, -0.25) is 9.59 Å². The quantitative estimate of drug-likeness (QED) is 0.771. The molecule has 1 fully saturated rings. The number of carbonyl (C=O) groups excluding carboxylic acids is 2. The third kappa shape index (κ3) is 2.64. The molecule has 0 unspecified atom stereocenters. The second kappa shape index (κ2) is 5.25. The number of hydrogen-bond donors (Lipinski definition) is 1. The van der Waals surface area contributed by atoms with Crippen molar-refractivity contribution in [1.29, 1.82) is 0 Å². The van der Waals surface area contributed by atoms with Crippen molar-refractivity contribution < 1.29 is 19.1 Å². The SMILES string of the molecule is CN1CC(=O)N(Cc2cc(N)cc3c2OCOC3)CC1=O. The van der Waals surface area contributed by atoms with Gasteiger partial charge in [0.1, 0.15) is 12.3 Å². The van der Waals surface area contributed by atoms with E-state index >= 15 is 0 Å². The average Bonchev–Trinajstić information content (AvgIpc) is 2.44. The number of piperazine rings is 1. The van der Waals surface area contributed by atoms with Crippen molar-refractivity contribution in [2.45, 2.75) is 13.2 Å². The molecule has 2 amide bonds.